The fraction of sp³-hybridized carbons (Fsp3) is 0. The van der Waals surface area contributed by atoms with Crippen LogP contribution >= 0.6 is 0 Å². The molecule has 0 aliphatic carbocycles. The van der Waals surface area contributed by atoms with Crippen molar-refractivity contribution in [3.63, 3.8) is 0 Å². The SMILES string of the molecule is [2H]c1c([2H])c(-c2c([2H])c([2H])c(N(c3ccccc3)c3ccccc3)c([2H])c2[2H])c([2H])c([2H])c1-c1ccc(N(c2ccccc2)c2cc3cccc4ccc5cccc2c5c43)cc1. The third kappa shape index (κ3) is 5.62. The summed E-state index contributed by atoms with van der Waals surface area (Å²) in [4.78, 5) is 3.84. The largest absolute Gasteiger partial charge is 0.311 e. The maximum atomic E-state index is 9.23. The van der Waals surface area contributed by atoms with E-state index in [2.05, 4.69) is 71.6 Å². The van der Waals surface area contributed by atoms with Gasteiger partial charge in [-0.05, 0) is 116 Å². The van der Waals surface area contributed by atoms with Crippen LogP contribution in [0.4, 0.5) is 34.1 Å². The summed E-state index contributed by atoms with van der Waals surface area (Å²) >= 11 is 0. The molecule has 254 valence electrons. The molecule has 2 nitrogen and oxygen atoms in total. The molecule has 2 heteroatoms. The molecule has 10 rings (SSSR count). The first kappa shape index (κ1) is 24.2. The molecule has 0 heterocycles. The Hall–Kier alpha value is -7.16. The fourth-order valence-electron chi connectivity index (χ4n) is 7.40. The molecule has 0 radical (unpaired) electrons. The van der Waals surface area contributed by atoms with Crippen LogP contribution in [0.25, 0.3) is 54.6 Å². The number of para-hydroxylation sites is 3. The lowest BCUT2D eigenvalue weighted by molar-refractivity contribution is 1.28. The van der Waals surface area contributed by atoms with Crippen LogP contribution < -0.4 is 9.80 Å². The Morgan fingerprint density at radius 2 is 0.741 bits per heavy atom. The summed E-state index contributed by atoms with van der Waals surface area (Å²) in [7, 11) is 0. The number of hydrogen-bond donors (Lipinski definition) is 0. The van der Waals surface area contributed by atoms with Crippen molar-refractivity contribution < 1.29 is 11.0 Å². The van der Waals surface area contributed by atoms with Crippen LogP contribution in [0.1, 0.15) is 11.0 Å². The average Bonchev–Trinajstić information content (AvgIpc) is 3.31. The monoisotopic (exact) mass is 696 g/mol. The van der Waals surface area contributed by atoms with E-state index in [4.69, 9.17) is 0 Å². The molecule has 0 spiro atoms. The summed E-state index contributed by atoms with van der Waals surface area (Å²) in [5.74, 6) is 0. The summed E-state index contributed by atoms with van der Waals surface area (Å²) in [5.41, 5.74) is 3.91. The topological polar surface area (TPSA) is 6.48 Å². The van der Waals surface area contributed by atoms with E-state index in [1.807, 2.05) is 91.0 Å². The van der Waals surface area contributed by atoms with Gasteiger partial charge in [0.25, 0.3) is 0 Å². The molecular weight excluding hydrogens is 653 g/mol. The van der Waals surface area contributed by atoms with Crippen LogP contribution in [-0.4, -0.2) is 0 Å². The Bertz CT molecular complexity index is 3230. The van der Waals surface area contributed by atoms with Crippen LogP contribution in [0, 0.1) is 0 Å². The number of hydrogen-bond acceptors (Lipinski definition) is 2. The van der Waals surface area contributed by atoms with E-state index < -0.39 is 24.2 Å². The summed E-state index contributed by atoms with van der Waals surface area (Å²) in [6, 6.07) is 51.6. The first-order chi connectivity index (χ1) is 30.1. The molecule has 10 aromatic rings. The minimum absolute atomic E-state index is 0.000373. The minimum Gasteiger partial charge on any atom is -0.311 e. The second-order valence-electron chi connectivity index (χ2n) is 13.1. The lowest BCUT2D eigenvalue weighted by Gasteiger charge is -2.28. The van der Waals surface area contributed by atoms with Crippen molar-refractivity contribution in [1.29, 1.82) is 0 Å². The fourth-order valence-corrected chi connectivity index (χ4v) is 7.40. The van der Waals surface area contributed by atoms with Gasteiger partial charge in [-0.3, -0.25) is 0 Å². The van der Waals surface area contributed by atoms with E-state index in [9.17, 15) is 11.0 Å². The normalized spacial score (nSPS) is 13.4. The smallest absolute Gasteiger partial charge is 0.0645 e. The molecule has 0 unspecified atom stereocenters. The summed E-state index contributed by atoms with van der Waals surface area (Å²) in [5, 5.41) is 6.92. The van der Waals surface area contributed by atoms with Crippen molar-refractivity contribution in [2.24, 2.45) is 0 Å². The second kappa shape index (κ2) is 13.4. The molecule has 0 bridgehead atoms. The second-order valence-corrected chi connectivity index (χ2v) is 13.1. The Morgan fingerprint density at radius 3 is 1.31 bits per heavy atom. The lowest BCUT2D eigenvalue weighted by atomic mass is 9.92. The first-order valence-corrected chi connectivity index (χ1v) is 17.9. The van der Waals surface area contributed by atoms with Gasteiger partial charge in [-0.1, -0.05) is 152 Å². The van der Waals surface area contributed by atoms with Crippen molar-refractivity contribution in [1.82, 2.24) is 0 Å². The van der Waals surface area contributed by atoms with Gasteiger partial charge < -0.3 is 9.80 Å². The van der Waals surface area contributed by atoms with E-state index >= 15 is 0 Å². The van der Waals surface area contributed by atoms with Crippen molar-refractivity contribution >= 4 is 66.4 Å². The highest BCUT2D eigenvalue weighted by molar-refractivity contribution is 6.26. The molecule has 0 N–H and O–H groups in total. The van der Waals surface area contributed by atoms with Gasteiger partial charge >= 0.3 is 0 Å². The van der Waals surface area contributed by atoms with E-state index in [1.165, 1.54) is 16.2 Å². The molecule has 0 fully saturated rings. The van der Waals surface area contributed by atoms with Crippen molar-refractivity contribution in [2.45, 2.75) is 0 Å². The van der Waals surface area contributed by atoms with Gasteiger partial charge in [0.1, 0.15) is 0 Å². The Balaban J connectivity index is 1.09. The summed E-state index contributed by atoms with van der Waals surface area (Å²) < 4.78 is 73.7. The lowest BCUT2D eigenvalue weighted by Crippen LogP contribution is -2.10. The summed E-state index contributed by atoms with van der Waals surface area (Å²) in [6.07, 6.45) is 0. The highest BCUT2D eigenvalue weighted by atomic mass is 15.1. The van der Waals surface area contributed by atoms with Crippen LogP contribution in [0.3, 0.4) is 0 Å². The maximum Gasteiger partial charge on any atom is 0.0645 e. The van der Waals surface area contributed by atoms with Crippen molar-refractivity contribution in [2.75, 3.05) is 9.80 Å². The predicted molar refractivity (Wildman–Crippen MR) is 230 cm³/mol. The Morgan fingerprint density at radius 1 is 0.296 bits per heavy atom. The summed E-state index contributed by atoms with van der Waals surface area (Å²) in [6.45, 7) is 0. The molecule has 0 aliphatic heterocycles. The van der Waals surface area contributed by atoms with Gasteiger partial charge in [0, 0.05) is 33.8 Å². The van der Waals surface area contributed by atoms with Gasteiger partial charge in [0.15, 0.2) is 0 Å². The van der Waals surface area contributed by atoms with Gasteiger partial charge in [0.05, 0.1) is 16.7 Å². The van der Waals surface area contributed by atoms with E-state index in [1.54, 1.807) is 17.0 Å². The molecule has 0 saturated carbocycles. The van der Waals surface area contributed by atoms with Crippen LogP contribution in [-0.2, 0) is 0 Å². The standard InChI is InChI=1S/C52H36N2/c1-4-15-44(16-5-1)53(45-17-6-2-7-18-45)47-32-28-39(29-33-47)37-22-24-38(25-23-37)40-30-34-48(35-31-40)54(46-19-8-3-9-20-46)50-36-43-14-10-12-41-26-27-42-13-11-21-49(50)52(42)51(41)43/h1-36H/i22D,23D,24D,25D,28D,29D,32D,33D. The zero-order valence-corrected chi connectivity index (χ0v) is 29.1. The molecule has 0 aromatic heterocycles. The minimum atomic E-state index is -0.469. The Labute approximate surface area is 327 Å². The van der Waals surface area contributed by atoms with Crippen molar-refractivity contribution in [3.05, 3.63) is 218 Å². The van der Waals surface area contributed by atoms with Gasteiger partial charge in [-0.15, -0.1) is 0 Å². The molecule has 0 saturated heterocycles. The third-order valence-corrected chi connectivity index (χ3v) is 9.89. The number of nitrogens with zero attached hydrogens (tertiary/aromatic N) is 2. The van der Waals surface area contributed by atoms with E-state index in [0.717, 1.165) is 33.2 Å². The van der Waals surface area contributed by atoms with Crippen LogP contribution in [0.15, 0.2) is 218 Å². The molecule has 10 aromatic carbocycles. The van der Waals surface area contributed by atoms with Crippen molar-refractivity contribution in [3.8, 4) is 22.3 Å². The van der Waals surface area contributed by atoms with E-state index in [0.29, 0.717) is 16.9 Å². The average molecular weight is 697 g/mol. The maximum absolute atomic E-state index is 9.23. The molecule has 54 heavy (non-hydrogen) atoms. The van der Waals surface area contributed by atoms with Gasteiger partial charge in [-0.25, -0.2) is 0 Å². The van der Waals surface area contributed by atoms with Crippen LogP contribution in [0.5, 0.6) is 0 Å². The number of rotatable bonds is 8. The van der Waals surface area contributed by atoms with E-state index in [-0.39, 0.29) is 46.5 Å². The first-order valence-electron chi connectivity index (χ1n) is 21.9. The Kier molecular flexibility index (Phi) is 6.01. The predicted octanol–water partition coefficient (Wildman–Crippen LogP) is 14.9. The van der Waals surface area contributed by atoms with Gasteiger partial charge in [-0.2, -0.15) is 0 Å². The number of anilines is 6. The third-order valence-electron chi connectivity index (χ3n) is 9.89. The zero-order chi connectivity index (χ0) is 42.8. The number of benzene rings is 10. The highest BCUT2D eigenvalue weighted by Crippen LogP contribution is 2.45. The molecule has 0 amide bonds. The molecule has 0 atom stereocenters. The zero-order valence-electron chi connectivity index (χ0n) is 37.1. The van der Waals surface area contributed by atoms with Crippen LogP contribution in [0.2, 0.25) is 0 Å². The highest BCUT2D eigenvalue weighted by Gasteiger charge is 2.19. The van der Waals surface area contributed by atoms with Gasteiger partial charge in [0.2, 0.25) is 0 Å². The molecular formula is C52H36N2. The quantitative estimate of drug-likeness (QED) is 0.146. The molecule has 0 aliphatic rings.